The van der Waals surface area contributed by atoms with E-state index in [1.807, 2.05) is 11.8 Å². The minimum absolute atomic E-state index is 0.117. The largest absolute Gasteiger partial charge is 0.506 e. The van der Waals surface area contributed by atoms with Gasteiger partial charge in [-0.2, -0.15) is 0 Å². The van der Waals surface area contributed by atoms with Crippen molar-refractivity contribution in [3.8, 4) is 5.75 Å². The number of amides is 1. The number of nitrogens with one attached hydrogen (secondary N) is 1. The lowest BCUT2D eigenvalue weighted by Gasteiger charge is -2.22. The summed E-state index contributed by atoms with van der Waals surface area (Å²) < 4.78 is 0. The van der Waals surface area contributed by atoms with Crippen LogP contribution in [0, 0.1) is 6.92 Å². The van der Waals surface area contributed by atoms with Gasteiger partial charge in [0, 0.05) is 49.4 Å². The molecule has 1 amide bonds. The molecule has 2 rings (SSSR count). The van der Waals surface area contributed by atoms with Crippen molar-refractivity contribution in [1.29, 1.82) is 0 Å². The van der Waals surface area contributed by atoms with E-state index in [1.165, 1.54) is 0 Å². The van der Waals surface area contributed by atoms with E-state index in [4.69, 9.17) is 0 Å². The van der Waals surface area contributed by atoms with Crippen molar-refractivity contribution in [2.24, 2.45) is 0 Å². The molecule has 0 aromatic carbocycles. The molecule has 1 saturated heterocycles. The summed E-state index contributed by atoms with van der Waals surface area (Å²) in [6.45, 7) is 5.51. The van der Waals surface area contributed by atoms with E-state index >= 15 is 0 Å². The topological polar surface area (TPSA) is 85.7 Å². The van der Waals surface area contributed by atoms with Crippen molar-refractivity contribution in [2.75, 3.05) is 13.1 Å². The van der Waals surface area contributed by atoms with E-state index in [-0.39, 0.29) is 24.3 Å². The number of nitrogens with zero attached hydrogens (tertiary/aromatic N) is 2. The standard InChI is InChI=1S/C15H23N3O3/c1-10(8-18-5-3-4-14(18)20)16-7-13-12(9-19)6-17-11(2)15(13)21/h6,10,16,19,21H,3-5,7-9H2,1-2H3. The number of carbonyl (C=O) groups is 1. The quantitative estimate of drug-likeness (QED) is 0.718. The maximum Gasteiger partial charge on any atom is 0.222 e. The average Bonchev–Trinajstić information content (AvgIpc) is 2.86. The molecule has 2 heterocycles. The molecule has 0 aliphatic carbocycles. The molecule has 1 aliphatic rings. The Bertz CT molecular complexity index is 519. The summed E-state index contributed by atoms with van der Waals surface area (Å²) in [6, 6.07) is 0.117. The molecule has 0 spiro atoms. The third-order valence-corrected chi connectivity index (χ3v) is 3.89. The third-order valence-electron chi connectivity index (χ3n) is 3.89. The lowest BCUT2D eigenvalue weighted by molar-refractivity contribution is -0.127. The molecule has 6 heteroatoms. The number of pyridine rings is 1. The maximum absolute atomic E-state index is 11.6. The van der Waals surface area contributed by atoms with Gasteiger partial charge in [-0.1, -0.05) is 0 Å². The van der Waals surface area contributed by atoms with Crippen molar-refractivity contribution in [3.63, 3.8) is 0 Å². The molecule has 21 heavy (non-hydrogen) atoms. The summed E-state index contributed by atoms with van der Waals surface area (Å²) in [5.41, 5.74) is 1.84. The SMILES string of the molecule is Cc1ncc(CO)c(CNC(C)CN2CCCC2=O)c1O. The molecule has 3 N–H and O–H groups in total. The number of carbonyl (C=O) groups excluding carboxylic acids is 1. The number of likely N-dealkylation sites (tertiary alicyclic amines) is 1. The van der Waals surface area contributed by atoms with Gasteiger partial charge < -0.3 is 20.4 Å². The first-order valence-corrected chi connectivity index (χ1v) is 7.31. The van der Waals surface area contributed by atoms with Gasteiger partial charge >= 0.3 is 0 Å². The summed E-state index contributed by atoms with van der Waals surface area (Å²) in [7, 11) is 0. The predicted octanol–water partition coefficient (Wildman–Crippen LogP) is 0.688. The van der Waals surface area contributed by atoms with E-state index < -0.39 is 0 Å². The van der Waals surface area contributed by atoms with Gasteiger partial charge in [-0.15, -0.1) is 0 Å². The van der Waals surface area contributed by atoms with Crippen LogP contribution >= 0.6 is 0 Å². The Kier molecular flexibility index (Phi) is 5.14. The molecule has 0 saturated carbocycles. The highest BCUT2D eigenvalue weighted by atomic mass is 16.3. The summed E-state index contributed by atoms with van der Waals surface area (Å²) in [5, 5.41) is 22.7. The Labute approximate surface area is 124 Å². The van der Waals surface area contributed by atoms with Crippen LogP contribution in [0.15, 0.2) is 6.20 Å². The van der Waals surface area contributed by atoms with Crippen LogP contribution in [-0.4, -0.2) is 45.1 Å². The van der Waals surface area contributed by atoms with E-state index in [1.54, 1.807) is 13.1 Å². The zero-order valence-electron chi connectivity index (χ0n) is 12.6. The number of aromatic hydroxyl groups is 1. The molecule has 0 radical (unpaired) electrons. The van der Waals surface area contributed by atoms with Gasteiger partial charge in [-0.05, 0) is 20.3 Å². The Balaban J connectivity index is 1.96. The molecule has 116 valence electrons. The van der Waals surface area contributed by atoms with Crippen LogP contribution in [0.25, 0.3) is 0 Å². The van der Waals surface area contributed by atoms with Crippen molar-refractivity contribution >= 4 is 5.91 Å². The maximum atomic E-state index is 11.6. The first-order chi connectivity index (χ1) is 10.0. The Hall–Kier alpha value is -1.66. The van der Waals surface area contributed by atoms with Gasteiger partial charge in [0.15, 0.2) is 0 Å². The lowest BCUT2D eigenvalue weighted by atomic mass is 10.1. The molecule has 1 aromatic heterocycles. The smallest absolute Gasteiger partial charge is 0.222 e. The Morgan fingerprint density at radius 2 is 2.29 bits per heavy atom. The number of hydrogen-bond donors (Lipinski definition) is 3. The fourth-order valence-corrected chi connectivity index (χ4v) is 2.59. The zero-order chi connectivity index (χ0) is 15.4. The number of aliphatic hydroxyl groups excluding tert-OH is 1. The Morgan fingerprint density at radius 1 is 1.52 bits per heavy atom. The number of aliphatic hydroxyl groups is 1. The molecule has 1 fully saturated rings. The van der Waals surface area contributed by atoms with Gasteiger partial charge in [0.25, 0.3) is 0 Å². The van der Waals surface area contributed by atoms with Crippen LogP contribution in [0.5, 0.6) is 5.75 Å². The summed E-state index contributed by atoms with van der Waals surface area (Å²) in [6.07, 6.45) is 3.16. The number of aromatic nitrogens is 1. The second-order valence-corrected chi connectivity index (χ2v) is 5.58. The fourth-order valence-electron chi connectivity index (χ4n) is 2.59. The minimum atomic E-state index is -0.156. The second kappa shape index (κ2) is 6.87. The third kappa shape index (κ3) is 3.71. The molecule has 0 bridgehead atoms. The van der Waals surface area contributed by atoms with Gasteiger partial charge in [0.2, 0.25) is 5.91 Å². The predicted molar refractivity (Wildman–Crippen MR) is 78.7 cm³/mol. The average molecular weight is 293 g/mol. The number of aryl methyl sites for hydroxylation is 1. The van der Waals surface area contributed by atoms with Crippen molar-refractivity contribution in [3.05, 3.63) is 23.0 Å². The summed E-state index contributed by atoms with van der Waals surface area (Å²) in [4.78, 5) is 17.5. The monoisotopic (exact) mass is 293 g/mol. The van der Waals surface area contributed by atoms with E-state index in [0.717, 1.165) is 13.0 Å². The first-order valence-electron chi connectivity index (χ1n) is 7.31. The van der Waals surface area contributed by atoms with E-state index in [2.05, 4.69) is 10.3 Å². The molecular formula is C15H23N3O3. The zero-order valence-corrected chi connectivity index (χ0v) is 12.6. The first kappa shape index (κ1) is 15.7. The van der Waals surface area contributed by atoms with Crippen LogP contribution in [-0.2, 0) is 17.9 Å². The van der Waals surface area contributed by atoms with Gasteiger partial charge in [-0.25, -0.2) is 0 Å². The van der Waals surface area contributed by atoms with Crippen LogP contribution < -0.4 is 5.32 Å². The van der Waals surface area contributed by atoms with Crippen LogP contribution in [0.2, 0.25) is 0 Å². The number of rotatable bonds is 6. The Morgan fingerprint density at radius 3 is 2.90 bits per heavy atom. The highest BCUT2D eigenvalue weighted by molar-refractivity contribution is 5.78. The van der Waals surface area contributed by atoms with Crippen molar-refractivity contribution in [2.45, 2.75) is 45.9 Å². The van der Waals surface area contributed by atoms with Gasteiger partial charge in [-0.3, -0.25) is 9.78 Å². The summed E-state index contributed by atoms with van der Waals surface area (Å²) >= 11 is 0. The van der Waals surface area contributed by atoms with Crippen LogP contribution in [0.1, 0.15) is 36.6 Å². The minimum Gasteiger partial charge on any atom is -0.506 e. The van der Waals surface area contributed by atoms with E-state index in [9.17, 15) is 15.0 Å². The van der Waals surface area contributed by atoms with Gasteiger partial charge in [0.05, 0.1) is 12.3 Å². The van der Waals surface area contributed by atoms with Gasteiger partial charge in [0.1, 0.15) is 5.75 Å². The second-order valence-electron chi connectivity index (χ2n) is 5.58. The molecule has 1 unspecified atom stereocenters. The lowest BCUT2D eigenvalue weighted by Crippen LogP contribution is -2.39. The molecule has 1 atom stereocenters. The molecular weight excluding hydrogens is 270 g/mol. The molecule has 6 nitrogen and oxygen atoms in total. The number of hydrogen-bond acceptors (Lipinski definition) is 5. The highest BCUT2D eigenvalue weighted by Crippen LogP contribution is 2.23. The molecule has 1 aliphatic heterocycles. The normalized spacial score (nSPS) is 16.5. The van der Waals surface area contributed by atoms with Crippen molar-refractivity contribution in [1.82, 2.24) is 15.2 Å². The molecule has 1 aromatic rings. The summed E-state index contributed by atoms with van der Waals surface area (Å²) in [5.74, 6) is 0.334. The van der Waals surface area contributed by atoms with Crippen LogP contribution in [0.3, 0.4) is 0 Å². The highest BCUT2D eigenvalue weighted by Gasteiger charge is 2.22. The van der Waals surface area contributed by atoms with Crippen LogP contribution in [0.4, 0.5) is 0 Å². The van der Waals surface area contributed by atoms with Crippen molar-refractivity contribution < 1.29 is 15.0 Å². The fraction of sp³-hybridized carbons (Fsp3) is 0.600. The van der Waals surface area contributed by atoms with E-state index in [0.29, 0.717) is 36.3 Å².